The Morgan fingerprint density at radius 2 is 1.96 bits per heavy atom. The van der Waals surface area contributed by atoms with Crippen LogP contribution in [-0.2, 0) is 6.42 Å². The van der Waals surface area contributed by atoms with Gasteiger partial charge in [-0.15, -0.1) is 0 Å². The molecule has 0 spiro atoms. The van der Waals surface area contributed by atoms with Crippen molar-refractivity contribution < 1.29 is 9.21 Å². The number of rotatable bonds is 4. The average molecular weight is 398 g/mol. The zero-order chi connectivity index (χ0) is 19.7. The van der Waals surface area contributed by atoms with E-state index in [4.69, 9.17) is 16.0 Å². The number of furan rings is 1. The van der Waals surface area contributed by atoms with Gasteiger partial charge in [-0.05, 0) is 43.7 Å². The molecule has 3 aromatic rings. The number of carbonyl (C=O) groups excluding carboxylic acids is 1. The first-order valence-electron chi connectivity index (χ1n) is 9.63. The molecule has 3 heterocycles. The summed E-state index contributed by atoms with van der Waals surface area (Å²) < 4.78 is 5.91. The highest BCUT2D eigenvalue weighted by Crippen LogP contribution is 2.31. The van der Waals surface area contributed by atoms with Crippen molar-refractivity contribution in [1.29, 1.82) is 0 Å². The van der Waals surface area contributed by atoms with Crippen molar-refractivity contribution in [3.8, 4) is 0 Å². The molecule has 6 heteroatoms. The number of fused-ring (bicyclic) bond motifs is 1. The number of hydrogen-bond acceptors (Lipinski definition) is 4. The molecule has 146 valence electrons. The van der Waals surface area contributed by atoms with E-state index in [9.17, 15) is 4.79 Å². The highest BCUT2D eigenvalue weighted by molar-refractivity contribution is 6.32. The molecular formula is C22H24ClN3O2. The van der Waals surface area contributed by atoms with Crippen molar-refractivity contribution in [2.45, 2.75) is 20.3 Å². The Bertz CT molecular complexity index is 992. The van der Waals surface area contributed by atoms with Crippen LogP contribution in [-0.4, -0.2) is 53.4 Å². The second-order valence-corrected chi connectivity index (χ2v) is 7.77. The van der Waals surface area contributed by atoms with E-state index in [0.717, 1.165) is 53.8 Å². The van der Waals surface area contributed by atoms with Crippen molar-refractivity contribution in [3.05, 3.63) is 64.1 Å². The van der Waals surface area contributed by atoms with Gasteiger partial charge < -0.3 is 9.32 Å². The van der Waals surface area contributed by atoms with Gasteiger partial charge in [-0.1, -0.05) is 17.7 Å². The van der Waals surface area contributed by atoms with E-state index in [1.165, 1.54) is 0 Å². The summed E-state index contributed by atoms with van der Waals surface area (Å²) in [6.07, 6.45) is 2.76. The number of aromatic nitrogens is 1. The van der Waals surface area contributed by atoms with Gasteiger partial charge in [0.25, 0.3) is 5.91 Å². The molecule has 0 atom stereocenters. The number of aryl methyl sites for hydroxylation is 2. The average Bonchev–Trinajstić information content (AvgIpc) is 3.03. The maximum atomic E-state index is 13.0. The van der Waals surface area contributed by atoms with E-state index in [1.54, 1.807) is 0 Å². The molecule has 4 rings (SSSR count). The summed E-state index contributed by atoms with van der Waals surface area (Å²) in [7, 11) is 0. The molecule has 1 aliphatic heterocycles. The molecule has 0 aliphatic carbocycles. The van der Waals surface area contributed by atoms with E-state index in [-0.39, 0.29) is 5.91 Å². The minimum atomic E-state index is -0.0353. The Labute approximate surface area is 169 Å². The van der Waals surface area contributed by atoms with Gasteiger partial charge in [-0.2, -0.15) is 0 Å². The minimum absolute atomic E-state index is 0.0353. The Morgan fingerprint density at radius 1 is 1.18 bits per heavy atom. The topological polar surface area (TPSA) is 49.6 Å². The van der Waals surface area contributed by atoms with Crippen LogP contribution in [0.5, 0.6) is 0 Å². The predicted molar refractivity (Wildman–Crippen MR) is 111 cm³/mol. The molecule has 5 nitrogen and oxygen atoms in total. The van der Waals surface area contributed by atoms with E-state index < -0.39 is 0 Å². The Kier molecular flexibility index (Phi) is 5.38. The summed E-state index contributed by atoms with van der Waals surface area (Å²) in [5, 5.41) is 1.60. The maximum Gasteiger partial charge on any atom is 0.289 e. The Balaban J connectivity index is 1.40. The van der Waals surface area contributed by atoms with Crippen LogP contribution in [0.2, 0.25) is 5.02 Å². The molecule has 1 amide bonds. The number of halogens is 1. The zero-order valence-corrected chi connectivity index (χ0v) is 17.0. The van der Waals surface area contributed by atoms with Gasteiger partial charge >= 0.3 is 0 Å². The van der Waals surface area contributed by atoms with Gasteiger partial charge in [0.2, 0.25) is 0 Å². The van der Waals surface area contributed by atoms with E-state index >= 15 is 0 Å². The number of carbonyl (C=O) groups is 1. The lowest BCUT2D eigenvalue weighted by Crippen LogP contribution is -2.49. The summed E-state index contributed by atoms with van der Waals surface area (Å²) >= 11 is 6.24. The number of piperazine rings is 1. The summed E-state index contributed by atoms with van der Waals surface area (Å²) in [5.41, 5.74) is 3.63. The number of amides is 1. The third-order valence-corrected chi connectivity index (χ3v) is 5.89. The van der Waals surface area contributed by atoms with Crippen LogP contribution in [0.15, 0.2) is 40.9 Å². The van der Waals surface area contributed by atoms with Gasteiger partial charge in [-0.3, -0.25) is 14.7 Å². The summed E-state index contributed by atoms with van der Waals surface area (Å²) in [6.45, 7) is 7.96. The van der Waals surface area contributed by atoms with Crippen LogP contribution in [0.1, 0.15) is 27.4 Å². The van der Waals surface area contributed by atoms with Gasteiger partial charge in [-0.25, -0.2) is 0 Å². The molecule has 0 saturated carbocycles. The fourth-order valence-corrected chi connectivity index (χ4v) is 3.85. The molecule has 1 aliphatic rings. The standard InChI is InChI=1S/C22H24ClN3O2/c1-15-13-20-18(14-19(15)23)16(2)21(28-20)22(27)26-11-9-25(10-12-26)8-6-17-5-3-4-7-24-17/h3-5,7,13-14H,6,8-12H2,1-2H3. The SMILES string of the molecule is Cc1cc2oc(C(=O)N3CCN(CCc4ccccn4)CC3)c(C)c2cc1Cl. The van der Waals surface area contributed by atoms with Crippen molar-refractivity contribution in [1.82, 2.24) is 14.8 Å². The predicted octanol–water partition coefficient (Wildman–Crippen LogP) is 4.10. The van der Waals surface area contributed by atoms with E-state index in [2.05, 4.69) is 16.0 Å². The second-order valence-electron chi connectivity index (χ2n) is 7.36. The zero-order valence-electron chi connectivity index (χ0n) is 16.2. The third-order valence-electron chi connectivity index (χ3n) is 5.48. The summed E-state index contributed by atoms with van der Waals surface area (Å²) in [5.74, 6) is 0.394. The largest absolute Gasteiger partial charge is 0.451 e. The lowest BCUT2D eigenvalue weighted by molar-refractivity contribution is 0.0608. The number of nitrogens with zero attached hydrogens (tertiary/aromatic N) is 3. The minimum Gasteiger partial charge on any atom is -0.451 e. The Morgan fingerprint density at radius 3 is 2.68 bits per heavy atom. The van der Waals surface area contributed by atoms with Crippen LogP contribution in [0, 0.1) is 13.8 Å². The van der Waals surface area contributed by atoms with Crippen LogP contribution < -0.4 is 0 Å². The first-order valence-corrected chi connectivity index (χ1v) is 10.0. The molecule has 0 bridgehead atoms. The third kappa shape index (κ3) is 3.77. The first-order chi connectivity index (χ1) is 13.5. The van der Waals surface area contributed by atoms with Crippen LogP contribution in [0.25, 0.3) is 11.0 Å². The van der Waals surface area contributed by atoms with Crippen LogP contribution >= 0.6 is 11.6 Å². The highest BCUT2D eigenvalue weighted by Gasteiger charge is 2.26. The summed E-state index contributed by atoms with van der Waals surface area (Å²) in [6, 6.07) is 9.79. The molecule has 1 fully saturated rings. The van der Waals surface area contributed by atoms with Crippen molar-refractivity contribution in [3.63, 3.8) is 0 Å². The second kappa shape index (κ2) is 7.94. The summed E-state index contributed by atoms with van der Waals surface area (Å²) in [4.78, 5) is 21.7. The number of hydrogen-bond donors (Lipinski definition) is 0. The smallest absolute Gasteiger partial charge is 0.289 e. The molecule has 28 heavy (non-hydrogen) atoms. The van der Waals surface area contributed by atoms with Crippen molar-refractivity contribution >= 4 is 28.5 Å². The van der Waals surface area contributed by atoms with Gasteiger partial charge in [0.1, 0.15) is 5.58 Å². The normalized spacial score (nSPS) is 15.3. The van der Waals surface area contributed by atoms with Crippen molar-refractivity contribution in [2.24, 2.45) is 0 Å². The van der Waals surface area contributed by atoms with Gasteiger partial charge in [0.15, 0.2) is 5.76 Å². The number of pyridine rings is 1. The van der Waals surface area contributed by atoms with E-state index in [1.807, 2.05) is 49.2 Å². The molecule has 1 saturated heterocycles. The molecular weight excluding hydrogens is 374 g/mol. The lowest BCUT2D eigenvalue weighted by Gasteiger charge is -2.34. The van der Waals surface area contributed by atoms with Crippen LogP contribution in [0.3, 0.4) is 0 Å². The monoisotopic (exact) mass is 397 g/mol. The van der Waals surface area contributed by atoms with Gasteiger partial charge in [0, 0.05) is 67.0 Å². The highest BCUT2D eigenvalue weighted by atomic mass is 35.5. The fraction of sp³-hybridized carbons (Fsp3) is 0.364. The van der Waals surface area contributed by atoms with Crippen molar-refractivity contribution in [2.75, 3.05) is 32.7 Å². The quantitative estimate of drug-likeness (QED) is 0.665. The number of benzene rings is 1. The van der Waals surface area contributed by atoms with E-state index in [0.29, 0.717) is 23.9 Å². The fourth-order valence-electron chi connectivity index (χ4n) is 3.68. The van der Waals surface area contributed by atoms with Gasteiger partial charge in [0.05, 0.1) is 0 Å². The maximum absolute atomic E-state index is 13.0. The molecule has 1 aromatic carbocycles. The Hall–Kier alpha value is -2.37. The molecule has 0 radical (unpaired) electrons. The van der Waals surface area contributed by atoms with Crippen LogP contribution in [0.4, 0.5) is 0 Å². The molecule has 0 unspecified atom stereocenters. The first kappa shape index (κ1) is 19.0. The molecule has 0 N–H and O–H groups in total. The lowest BCUT2D eigenvalue weighted by atomic mass is 10.1. The molecule has 2 aromatic heterocycles.